The Bertz CT molecular complexity index is 570. The topological polar surface area (TPSA) is 50.4 Å². The Hall–Kier alpha value is -2.03. The molecule has 0 unspecified atom stereocenters. The predicted octanol–water partition coefficient (Wildman–Crippen LogP) is 3.36. The smallest absolute Gasteiger partial charge is 0.339 e. The molecule has 0 bridgehead atoms. The minimum absolute atomic E-state index is 0.0264. The van der Waals surface area contributed by atoms with E-state index < -0.39 is 5.63 Å². The summed E-state index contributed by atoms with van der Waals surface area (Å²) in [5.41, 5.74) is 1.01. The summed E-state index contributed by atoms with van der Waals surface area (Å²) in [6.07, 6.45) is 2.67. The van der Waals surface area contributed by atoms with E-state index in [4.69, 9.17) is 4.42 Å². The first-order chi connectivity index (χ1) is 8.72. The molecular formula is C15H16O3. The molecule has 1 aromatic heterocycles. The van der Waals surface area contributed by atoms with Gasteiger partial charge in [0.15, 0.2) is 0 Å². The molecule has 2 rings (SSSR count). The molecule has 0 aliphatic carbocycles. The summed E-state index contributed by atoms with van der Waals surface area (Å²) in [6.45, 7) is 2.08. The van der Waals surface area contributed by atoms with Gasteiger partial charge in [-0.2, -0.15) is 0 Å². The molecule has 1 N–H and O–H groups in total. The molecule has 1 heterocycles. The zero-order chi connectivity index (χ0) is 13.0. The van der Waals surface area contributed by atoms with Crippen LogP contribution in [0, 0.1) is 0 Å². The van der Waals surface area contributed by atoms with Crippen molar-refractivity contribution >= 4 is 0 Å². The van der Waals surface area contributed by atoms with Gasteiger partial charge in [0.1, 0.15) is 11.5 Å². The van der Waals surface area contributed by atoms with Crippen LogP contribution in [0.1, 0.15) is 25.3 Å². The van der Waals surface area contributed by atoms with Gasteiger partial charge in [-0.1, -0.05) is 43.7 Å². The van der Waals surface area contributed by atoms with Crippen molar-refractivity contribution in [2.24, 2.45) is 0 Å². The molecule has 18 heavy (non-hydrogen) atoms. The minimum atomic E-state index is -0.522. The van der Waals surface area contributed by atoms with E-state index in [1.54, 1.807) is 0 Å². The van der Waals surface area contributed by atoms with Gasteiger partial charge >= 0.3 is 5.63 Å². The lowest BCUT2D eigenvalue weighted by atomic mass is 10.0. The molecule has 0 amide bonds. The molecular weight excluding hydrogens is 228 g/mol. The Labute approximate surface area is 106 Å². The van der Waals surface area contributed by atoms with Gasteiger partial charge in [-0.05, 0) is 12.8 Å². The average molecular weight is 244 g/mol. The first-order valence-corrected chi connectivity index (χ1v) is 6.13. The fraction of sp³-hybridized carbons (Fsp3) is 0.267. The highest BCUT2D eigenvalue weighted by Crippen LogP contribution is 2.29. The van der Waals surface area contributed by atoms with Crippen LogP contribution >= 0.6 is 0 Å². The van der Waals surface area contributed by atoms with Crippen LogP contribution in [0.2, 0.25) is 0 Å². The van der Waals surface area contributed by atoms with E-state index in [9.17, 15) is 9.90 Å². The van der Waals surface area contributed by atoms with E-state index in [0.717, 1.165) is 24.5 Å². The maximum atomic E-state index is 11.4. The summed E-state index contributed by atoms with van der Waals surface area (Å²) < 4.78 is 5.26. The second-order valence-corrected chi connectivity index (χ2v) is 4.23. The summed E-state index contributed by atoms with van der Waals surface area (Å²) in [5, 5.41) is 9.90. The quantitative estimate of drug-likeness (QED) is 0.897. The first-order valence-electron chi connectivity index (χ1n) is 6.13. The third kappa shape index (κ3) is 2.62. The Morgan fingerprint density at radius 2 is 1.94 bits per heavy atom. The largest absolute Gasteiger partial charge is 0.507 e. The van der Waals surface area contributed by atoms with Crippen molar-refractivity contribution in [1.82, 2.24) is 0 Å². The SMILES string of the molecule is CCCCc1c(O)cc(=O)oc1-c1ccccc1. The predicted molar refractivity (Wildman–Crippen MR) is 70.7 cm³/mol. The van der Waals surface area contributed by atoms with Gasteiger partial charge in [-0.15, -0.1) is 0 Å². The third-order valence-electron chi connectivity index (χ3n) is 2.86. The molecule has 94 valence electrons. The molecule has 0 saturated carbocycles. The van der Waals surface area contributed by atoms with E-state index in [2.05, 4.69) is 6.92 Å². The summed E-state index contributed by atoms with van der Waals surface area (Å²) in [7, 11) is 0. The van der Waals surface area contributed by atoms with Gasteiger partial charge in [-0.3, -0.25) is 0 Å². The first kappa shape index (κ1) is 12.4. The van der Waals surface area contributed by atoms with Crippen LogP contribution in [0.5, 0.6) is 5.75 Å². The Kier molecular flexibility index (Phi) is 3.82. The van der Waals surface area contributed by atoms with Crippen molar-refractivity contribution in [2.45, 2.75) is 26.2 Å². The molecule has 0 spiro atoms. The Balaban J connectivity index is 2.54. The lowest BCUT2D eigenvalue weighted by molar-refractivity contribution is 0.441. The Morgan fingerprint density at radius 1 is 1.22 bits per heavy atom. The van der Waals surface area contributed by atoms with Gasteiger partial charge in [-0.25, -0.2) is 4.79 Å². The van der Waals surface area contributed by atoms with Gasteiger partial charge in [0.2, 0.25) is 0 Å². The van der Waals surface area contributed by atoms with Gasteiger partial charge in [0, 0.05) is 11.1 Å². The highest BCUT2D eigenvalue weighted by atomic mass is 16.4. The van der Waals surface area contributed by atoms with Crippen molar-refractivity contribution in [1.29, 1.82) is 0 Å². The van der Waals surface area contributed by atoms with Gasteiger partial charge in [0.05, 0.1) is 6.07 Å². The molecule has 1 aromatic carbocycles. The zero-order valence-electron chi connectivity index (χ0n) is 10.3. The Morgan fingerprint density at radius 3 is 2.61 bits per heavy atom. The molecule has 0 fully saturated rings. The van der Waals surface area contributed by atoms with Crippen molar-refractivity contribution in [3.05, 3.63) is 52.4 Å². The molecule has 3 nitrogen and oxygen atoms in total. The fourth-order valence-corrected chi connectivity index (χ4v) is 1.92. The fourth-order valence-electron chi connectivity index (χ4n) is 1.92. The van der Waals surface area contributed by atoms with E-state index in [-0.39, 0.29) is 5.75 Å². The normalized spacial score (nSPS) is 10.5. The van der Waals surface area contributed by atoms with E-state index in [1.807, 2.05) is 30.3 Å². The van der Waals surface area contributed by atoms with Crippen LogP contribution in [0.3, 0.4) is 0 Å². The number of benzene rings is 1. The van der Waals surface area contributed by atoms with Gasteiger partial charge < -0.3 is 9.52 Å². The maximum absolute atomic E-state index is 11.4. The van der Waals surface area contributed by atoms with Crippen LogP contribution in [0.25, 0.3) is 11.3 Å². The number of hydrogen-bond acceptors (Lipinski definition) is 3. The van der Waals surface area contributed by atoms with Crippen LogP contribution in [0.15, 0.2) is 45.6 Å². The lowest BCUT2D eigenvalue weighted by Crippen LogP contribution is -2.02. The molecule has 0 radical (unpaired) electrons. The van der Waals surface area contributed by atoms with Crippen molar-refractivity contribution in [2.75, 3.05) is 0 Å². The number of unbranched alkanes of at least 4 members (excludes halogenated alkanes) is 1. The highest BCUT2D eigenvalue weighted by molar-refractivity contribution is 5.63. The van der Waals surface area contributed by atoms with Crippen molar-refractivity contribution < 1.29 is 9.52 Å². The summed E-state index contributed by atoms with van der Waals surface area (Å²) >= 11 is 0. The standard InChI is InChI=1S/C15H16O3/c1-2-3-9-12-13(16)10-14(17)18-15(12)11-7-5-4-6-8-11/h4-8,10,16H,2-3,9H2,1H3. The summed E-state index contributed by atoms with van der Waals surface area (Å²) in [4.78, 5) is 11.4. The number of rotatable bonds is 4. The van der Waals surface area contributed by atoms with Gasteiger partial charge in [0.25, 0.3) is 0 Å². The van der Waals surface area contributed by atoms with E-state index >= 15 is 0 Å². The monoisotopic (exact) mass is 244 g/mol. The summed E-state index contributed by atoms with van der Waals surface area (Å²) in [6, 6.07) is 10.5. The highest BCUT2D eigenvalue weighted by Gasteiger charge is 2.13. The minimum Gasteiger partial charge on any atom is -0.507 e. The van der Waals surface area contributed by atoms with Crippen LogP contribution < -0.4 is 5.63 Å². The second-order valence-electron chi connectivity index (χ2n) is 4.23. The third-order valence-corrected chi connectivity index (χ3v) is 2.86. The molecule has 0 saturated heterocycles. The molecule has 0 aliphatic rings. The van der Waals surface area contributed by atoms with Crippen molar-refractivity contribution in [3.63, 3.8) is 0 Å². The molecule has 3 heteroatoms. The summed E-state index contributed by atoms with van der Waals surface area (Å²) in [5.74, 6) is 0.507. The zero-order valence-corrected chi connectivity index (χ0v) is 10.3. The lowest BCUT2D eigenvalue weighted by Gasteiger charge is -2.09. The number of hydrogen-bond donors (Lipinski definition) is 1. The molecule has 0 atom stereocenters. The van der Waals surface area contributed by atoms with Crippen LogP contribution in [-0.2, 0) is 6.42 Å². The second kappa shape index (κ2) is 5.54. The van der Waals surface area contributed by atoms with Crippen LogP contribution in [-0.4, -0.2) is 5.11 Å². The number of aromatic hydroxyl groups is 1. The van der Waals surface area contributed by atoms with E-state index in [0.29, 0.717) is 17.7 Å². The van der Waals surface area contributed by atoms with Crippen molar-refractivity contribution in [3.8, 4) is 17.1 Å². The molecule has 2 aromatic rings. The van der Waals surface area contributed by atoms with Crippen LogP contribution in [0.4, 0.5) is 0 Å². The maximum Gasteiger partial charge on any atom is 0.339 e. The molecule has 0 aliphatic heterocycles. The average Bonchev–Trinajstić information content (AvgIpc) is 2.38. The van der Waals surface area contributed by atoms with E-state index in [1.165, 1.54) is 0 Å².